The first-order valence-corrected chi connectivity index (χ1v) is 10.1. The summed E-state index contributed by atoms with van der Waals surface area (Å²) >= 11 is 0. The molecule has 0 rings (SSSR count). The minimum Gasteiger partial charge on any atom is -0.274 e. The Morgan fingerprint density at radius 3 is 1.06 bits per heavy atom. The average molecular weight is 507 g/mol. The molecule has 0 saturated carbocycles. The van der Waals surface area contributed by atoms with E-state index in [1.165, 1.54) is 0 Å². The van der Waals surface area contributed by atoms with E-state index >= 15 is 0 Å². The molecule has 17 heteroatoms. The zero-order chi connectivity index (χ0) is 25.6. The summed E-state index contributed by atoms with van der Waals surface area (Å²) in [7, 11) is -2.71. The Hall–Kier alpha value is -0.813. The summed E-state index contributed by atoms with van der Waals surface area (Å²) in [5.74, 6) is -37.9. The van der Waals surface area contributed by atoms with E-state index in [1.54, 1.807) is 0 Å². The highest BCUT2D eigenvalue weighted by Crippen LogP contribution is 2.61. The summed E-state index contributed by atoms with van der Waals surface area (Å²) in [6.45, 7) is 0. The molecule has 0 aliphatic carbocycles. The third-order valence-electron chi connectivity index (χ3n) is 4.66. The van der Waals surface area contributed by atoms with Crippen molar-refractivity contribution in [1.29, 1.82) is 0 Å². The maximum absolute atomic E-state index is 15.0. The van der Waals surface area contributed by atoms with Gasteiger partial charge in [-0.15, -0.1) is 0 Å². The molecule has 0 atom stereocenters. The van der Waals surface area contributed by atoms with Crippen molar-refractivity contribution in [2.75, 3.05) is 42.3 Å². The number of nitrogens with zero attached hydrogens (tertiary/aromatic N) is 3. The lowest BCUT2D eigenvalue weighted by molar-refractivity contribution is -0.432. The lowest BCUT2D eigenvalue weighted by Crippen LogP contribution is -2.81. The molecule has 0 aromatic rings. The summed E-state index contributed by atoms with van der Waals surface area (Å²) in [5.41, 5.74) is 0. The maximum Gasteiger partial charge on any atom is 0.616 e. The van der Waals surface area contributed by atoms with Gasteiger partial charge < -0.3 is 0 Å². The maximum atomic E-state index is 15.0. The summed E-state index contributed by atoms with van der Waals surface area (Å²) in [5, 5.41) is 0. The molecule has 0 aromatic carbocycles. The van der Waals surface area contributed by atoms with Crippen LogP contribution in [0, 0.1) is 0 Å². The third-order valence-corrected chi connectivity index (χ3v) is 5.47. The first-order valence-electron chi connectivity index (χ1n) is 8.27. The standard InChI is InChI=1S/C14H22F13N3Si/c1-28(2)14(29(3)4,30(5)6)13(23,24)12(21,22)11(19,20)10(17,18)9(15,16)7-8-31(25,26)27/h7-8H2,1-6H3. The molecule has 0 radical (unpaired) electrons. The van der Waals surface area contributed by atoms with Crippen LogP contribution in [0.4, 0.5) is 56.2 Å². The van der Waals surface area contributed by atoms with E-state index in [9.17, 15) is 56.2 Å². The van der Waals surface area contributed by atoms with Crippen LogP contribution in [0.25, 0.3) is 0 Å². The molecule has 0 saturated heterocycles. The molecule has 0 heterocycles. The van der Waals surface area contributed by atoms with Crippen LogP contribution in [-0.4, -0.2) is 101 Å². The molecular formula is C14H22F13N3Si. The van der Waals surface area contributed by atoms with Crippen LogP contribution < -0.4 is 0 Å². The summed E-state index contributed by atoms with van der Waals surface area (Å²) in [4.78, 5) is 0.799. The molecule has 0 aliphatic heterocycles. The molecule has 0 N–H and O–H groups in total. The van der Waals surface area contributed by atoms with Crippen molar-refractivity contribution in [2.24, 2.45) is 0 Å². The fourth-order valence-corrected chi connectivity index (χ4v) is 3.93. The smallest absolute Gasteiger partial charge is 0.274 e. The molecule has 0 aliphatic rings. The van der Waals surface area contributed by atoms with E-state index in [0.717, 1.165) is 0 Å². The van der Waals surface area contributed by atoms with Crippen LogP contribution in [0.2, 0.25) is 6.04 Å². The first kappa shape index (κ1) is 30.2. The largest absolute Gasteiger partial charge is 0.616 e. The van der Waals surface area contributed by atoms with Gasteiger partial charge in [0, 0.05) is 12.5 Å². The van der Waals surface area contributed by atoms with Crippen LogP contribution in [-0.2, 0) is 0 Å². The van der Waals surface area contributed by atoms with E-state index in [4.69, 9.17) is 0 Å². The normalized spacial score (nSPS) is 16.1. The Bertz CT molecular complexity index is 595. The minimum absolute atomic E-state index is 0.266. The van der Waals surface area contributed by atoms with Gasteiger partial charge in [-0.25, -0.2) is 12.3 Å². The Balaban J connectivity index is 6.73. The second-order valence-corrected chi connectivity index (χ2v) is 9.17. The van der Waals surface area contributed by atoms with Crippen molar-refractivity contribution in [1.82, 2.24) is 14.7 Å². The number of alkyl halides is 10. The first-order chi connectivity index (χ1) is 13.3. The van der Waals surface area contributed by atoms with Gasteiger partial charge in [0.2, 0.25) is 5.79 Å². The van der Waals surface area contributed by atoms with E-state index < -0.39 is 56.9 Å². The number of hydrogen-bond acceptors (Lipinski definition) is 3. The second kappa shape index (κ2) is 8.51. The van der Waals surface area contributed by atoms with Crippen LogP contribution in [0.1, 0.15) is 6.42 Å². The highest BCUT2D eigenvalue weighted by atomic mass is 28.5. The van der Waals surface area contributed by atoms with Gasteiger partial charge in [-0.3, -0.25) is 14.7 Å². The number of halogens is 13. The number of hydrogen-bond donors (Lipinski definition) is 0. The minimum atomic E-state index is -7.45. The molecule has 3 nitrogen and oxygen atoms in total. The zero-order valence-corrected chi connectivity index (χ0v) is 18.2. The predicted octanol–water partition coefficient (Wildman–Crippen LogP) is 4.74. The second-order valence-electron chi connectivity index (χ2n) is 7.44. The van der Waals surface area contributed by atoms with Gasteiger partial charge >= 0.3 is 38.7 Å². The molecular weight excluding hydrogens is 485 g/mol. The predicted molar refractivity (Wildman–Crippen MR) is 87.0 cm³/mol. The number of rotatable bonds is 11. The SMILES string of the molecule is CN(C)C(N(C)C)(N(C)C)C(F)(F)C(F)(F)C(F)(F)C(F)(F)C(F)(F)CC[Si](F)(F)F. The quantitative estimate of drug-likeness (QED) is 0.173. The van der Waals surface area contributed by atoms with E-state index in [-0.39, 0.29) is 14.7 Å². The lowest BCUT2D eigenvalue weighted by atomic mass is 9.88. The molecule has 0 unspecified atom stereocenters. The highest BCUT2D eigenvalue weighted by Gasteiger charge is 2.89. The van der Waals surface area contributed by atoms with Gasteiger partial charge in [-0.2, -0.15) is 43.9 Å². The Labute approximate surface area is 171 Å². The van der Waals surface area contributed by atoms with E-state index in [1.807, 2.05) is 0 Å². The monoisotopic (exact) mass is 507 g/mol. The molecule has 0 bridgehead atoms. The Kier molecular flexibility index (Phi) is 8.29. The van der Waals surface area contributed by atoms with Gasteiger partial charge in [0.25, 0.3) is 0 Å². The van der Waals surface area contributed by atoms with Crippen molar-refractivity contribution in [3.05, 3.63) is 0 Å². The van der Waals surface area contributed by atoms with Crippen LogP contribution >= 0.6 is 0 Å². The van der Waals surface area contributed by atoms with Crippen molar-refractivity contribution < 1.29 is 56.2 Å². The average Bonchev–Trinajstić information content (AvgIpc) is 2.50. The van der Waals surface area contributed by atoms with Crippen molar-refractivity contribution >= 4 is 9.08 Å². The van der Waals surface area contributed by atoms with Gasteiger partial charge in [0.05, 0.1) is 0 Å². The van der Waals surface area contributed by atoms with Gasteiger partial charge in [-0.1, -0.05) is 0 Å². The van der Waals surface area contributed by atoms with Crippen molar-refractivity contribution in [3.63, 3.8) is 0 Å². The summed E-state index contributed by atoms with van der Waals surface area (Å²) < 4.78 is 179. The Morgan fingerprint density at radius 1 is 0.516 bits per heavy atom. The molecule has 0 spiro atoms. The van der Waals surface area contributed by atoms with E-state index in [0.29, 0.717) is 42.3 Å². The highest BCUT2D eigenvalue weighted by molar-refractivity contribution is 6.58. The van der Waals surface area contributed by atoms with Crippen molar-refractivity contribution in [2.45, 2.75) is 47.9 Å². The van der Waals surface area contributed by atoms with Crippen LogP contribution in [0.15, 0.2) is 0 Å². The fourth-order valence-electron chi connectivity index (χ4n) is 3.33. The molecule has 0 fully saturated rings. The van der Waals surface area contributed by atoms with Gasteiger partial charge in [0.1, 0.15) is 0 Å². The topological polar surface area (TPSA) is 9.72 Å². The fraction of sp³-hybridized carbons (Fsp3) is 1.00. The van der Waals surface area contributed by atoms with Gasteiger partial charge in [0.15, 0.2) is 0 Å². The van der Waals surface area contributed by atoms with E-state index in [2.05, 4.69) is 0 Å². The molecule has 0 aromatic heterocycles. The van der Waals surface area contributed by atoms with Crippen LogP contribution in [0.3, 0.4) is 0 Å². The third kappa shape index (κ3) is 4.51. The van der Waals surface area contributed by atoms with Crippen molar-refractivity contribution in [3.8, 4) is 0 Å². The summed E-state index contributed by atoms with van der Waals surface area (Å²) in [6.07, 6.45) is -2.97. The molecule has 188 valence electrons. The lowest BCUT2D eigenvalue weighted by Gasteiger charge is -2.55. The zero-order valence-electron chi connectivity index (χ0n) is 17.2. The van der Waals surface area contributed by atoms with Crippen LogP contribution in [0.5, 0.6) is 0 Å². The Morgan fingerprint density at radius 2 is 0.806 bits per heavy atom. The summed E-state index contributed by atoms with van der Waals surface area (Å²) in [6, 6.07) is -2.61. The molecule has 31 heavy (non-hydrogen) atoms. The molecule has 0 amide bonds. The van der Waals surface area contributed by atoms with Gasteiger partial charge in [-0.05, 0) is 42.3 Å².